The standard InChI is InChI=1S/C64H75N5O10S2/c1-12-67-54-32-30-51-44(6)39-49(81(74,75)76)40-53(51)61(54)63(7,8)57(67)19-15-13-16-20-58-64(9,10)60-52-38-42(4)37-43(5)50(52)31-33-55(60)68(58)36-18-14-17-21-59(70)66-35-34-56(62(71)78-65)69(79-41(2)3)80(72,73)48-28-24-46(25-29-48)45-22-26-47(77-11)27-23-45/h13,15-16,19-20,22-33,37-41,56H,12,14,17-18,21,34-36,65H2,1-11H3,(H-,66,70,74,75,76)/p+1/t56-/m1/s1. The number of amides is 1. The molecule has 81 heavy (non-hydrogen) atoms. The van der Waals surface area contributed by atoms with Crippen LogP contribution in [0, 0.1) is 20.8 Å². The molecule has 6 aromatic carbocycles. The minimum atomic E-state index is -4.43. The molecule has 0 unspecified atom stereocenters. The van der Waals surface area contributed by atoms with Crippen LogP contribution in [-0.4, -0.2) is 86.9 Å². The minimum Gasteiger partial charge on any atom is -0.497 e. The molecule has 0 aliphatic carbocycles. The van der Waals surface area contributed by atoms with Crippen molar-refractivity contribution in [1.29, 1.82) is 0 Å². The third-order valence-electron chi connectivity index (χ3n) is 15.6. The molecule has 4 N–H and O–H groups in total. The summed E-state index contributed by atoms with van der Waals surface area (Å²) in [6.45, 7) is 21.7. The minimum absolute atomic E-state index is 0.0507. The van der Waals surface area contributed by atoms with Gasteiger partial charge in [0.15, 0.2) is 11.8 Å². The Balaban J connectivity index is 0.956. The number of rotatable bonds is 22. The smallest absolute Gasteiger partial charge is 0.345 e. The van der Waals surface area contributed by atoms with Crippen molar-refractivity contribution < 1.29 is 50.0 Å². The molecule has 8 rings (SSSR count). The SMILES string of the molecule is CCN1C(=CC=CC=CC2=[N+](CCCCCC(=O)NCC[C@H](C(=O)ON)N(OC(C)C)S(=O)(=O)c3ccc(-c4ccc(OC)cc4)cc3)c3ccc4c(C)cc(C)cc4c3C2(C)C)C(C)(C)c2c1ccc1c(C)cc(S(=O)(=O)O)cc21. The van der Waals surface area contributed by atoms with Gasteiger partial charge in [0.1, 0.15) is 12.3 Å². The molecule has 0 bridgehead atoms. The predicted octanol–water partition coefficient (Wildman–Crippen LogP) is 11.9. The molecule has 0 spiro atoms. The number of carbonyl (C=O) groups is 2. The molecule has 428 valence electrons. The molecule has 0 fully saturated rings. The van der Waals surface area contributed by atoms with Gasteiger partial charge in [0.2, 0.25) is 11.6 Å². The maximum Gasteiger partial charge on any atom is 0.345 e. The second-order valence-corrected chi connectivity index (χ2v) is 25.5. The number of allylic oxidation sites excluding steroid dienone is 6. The lowest BCUT2D eigenvalue weighted by Crippen LogP contribution is -2.48. The van der Waals surface area contributed by atoms with E-state index in [-0.39, 0.29) is 40.5 Å². The average molecular weight is 1140 g/mol. The highest BCUT2D eigenvalue weighted by atomic mass is 32.2. The van der Waals surface area contributed by atoms with Crippen LogP contribution >= 0.6 is 0 Å². The van der Waals surface area contributed by atoms with E-state index in [1.807, 2.05) is 43.3 Å². The van der Waals surface area contributed by atoms with E-state index in [9.17, 15) is 31.0 Å². The van der Waals surface area contributed by atoms with E-state index < -0.39 is 43.7 Å². The van der Waals surface area contributed by atoms with Crippen LogP contribution in [0.1, 0.15) is 108 Å². The van der Waals surface area contributed by atoms with Crippen LogP contribution in [0.2, 0.25) is 0 Å². The molecule has 17 heteroatoms. The molecule has 1 atom stereocenters. The van der Waals surface area contributed by atoms with Crippen molar-refractivity contribution in [2.24, 2.45) is 5.90 Å². The Kier molecular flexibility index (Phi) is 18.0. The van der Waals surface area contributed by atoms with Gasteiger partial charge in [0.25, 0.3) is 20.1 Å². The number of fused-ring (bicyclic) bond motifs is 6. The highest BCUT2D eigenvalue weighted by Crippen LogP contribution is 2.51. The number of unbranched alkanes of at least 4 members (excludes halogenated alkanes) is 2. The van der Waals surface area contributed by atoms with E-state index in [1.165, 1.54) is 45.7 Å². The second kappa shape index (κ2) is 24.2. The Morgan fingerprint density at radius 2 is 1.41 bits per heavy atom. The summed E-state index contributed by atoms with van der Waals surface area (Å²) in [7, 11) is -7.27. The zero-order valence-electron chi connectivity index (χ0n) is 48.3. The van der Waals surface area contributed by atoms with Crippen molar-refractivity contribution in [1.82, 2.24) is 9.79 Å². The first-order valence-corrected chi connectivity index (χ1v) is 30.4. The average Bonchev–Trinajstić information content (AvgIpc) is 4.07. The summed E-state index contributed by atoms with van der Waals surface area (Å²) in [6, 6.07) is 28.2. The van der Waals surface area contributed by atoms with Crippen molar-refractivity contribution >= 4 is 70.6 Å². The number of nitrogens with two attached hydrogens (primary N) is 1. The number of hydrogen-bond donors (Lipinski definition) is 3. The van der Waals surface area contributed by atoms with Crippen molar-refractivity contribution in [2.75, 3.05) is 31.6 Å². The van der Waals surface area contributed by atoms with Gasteiger partial charge < -0.3 is 19.8 Å². The van der Waals surface area contributed by atoms with Crippen LogP contribution in [0.5, 0.6) is 5.75 Å². The summed E-state index contributed by atoms with van der Waals surface area (Å²) in [4.78, 5) is 38.9. The van der Waals surface area contributed by atoms with Gasteiger partial charge in [-0.25, -0.2) is 13.2 Å². The number of methoxy groups -OCH3 is 1. The van der Waals surface area contributed by atoms with Gasteiger partial charge >= 0.3 is 5.97 Å². The van der Waals surface area contributed by atoms with Crippen LogP contribution in [0.4, 0.5) is 11.4 Å². The topological polar surface area (TPSA) is 198 Å². The molecule has 2 heterocycles. The van der Waals surface area contributed by atoms with Crippen LogP contribution in [0.15, 0.2) is 143 Å². The first-order chi connectivity index (χ1) is 38.3. The van der Waals surface area contributed by atoms with E-state index in [4.69, 9.17) is 15.5 Å². The number of aryl methyl sites for hydroxylation is 3. The summed E-state index contributed by atoms with van der Waals surface area (Å²) in [5, 5.41) is 7.05. The highest BCUT2D eigenvalue weighted by Gasteiger charge is 2.46. The number of hydroxylamine groups is 1. The third kappa shape index (κ3) is 12.3. The first-order valence-electron chi connectivity index (χ1n) is 27.6. The second-order valence-electron chi connectivity index (χ2n) is 22.3. The Hall–Kier alpha value is -6.99. The molecule has 2 aliphatic rings. The molecule has 0 saturated heterocycles. The summed E-state index contributed by atoms with van der Waals surface area (Å²) >= 11 is 0. The lowest BCUT2D eigenvalue weighted by Gasteiger charge is -2.29. The van der Waals surface area contributed by atoms with E-state index in [0.717, 1.165) is 68.7 Å². The summed E-state index contributed by atoms with van der Waals surface area (Å²) < 4.78 is 71.3. The number of likely N-dealkylation sites (N-methyl/N-ethyl adjacent to an activating group) is 1. The fourth-order valence-corrected chi connectivity index (χ4v) is 13.9. The quantitative estimate of drug-likeness (QED) is 0.0191. The van der Waals surface area contributed by atoms with Crippen molar-refractivity contribution in [3.63, 3.8) is 0 Å². The lowest BCUT2D eigenvalue weighted by molar-refractivity contribution is -0.438. The summed E-state index contributed by atoms with van der Waals surface area (Å²) in [5.74, 6) is 4.75. The number of sulfonamides is 1. The Labute approximate surface area is 477 Å². The monoisotopic (exact) mass is 1140 g/mol. The fraction of sp³-hybridized carbons (Fsp3) is 0.359. The Morgan fingerprint density at radius 3 is 2.04 bits per heavy atom. The predicted molar refractivity (Wildman–Crippen MR) is 321 cm³/mol. The molecule has 0 radical (unpaired) electrons. The molecular weight excluding hydrogens is 1060 g/mol. The van der Waals surface area contributed by atoms with E-state index in [0.29, 0.717) is 29.7 Å². The Bertz CT molecular complexity index is 3750. The maximum absolute atomic E-state index is 14.1. The van der Waals surface area contributed by atoms with Crippen molar-refractivity contribution in [2.45, 2.75) is 134 Å². The number of carbonyl (C=O) groups excluding carboxylic acids is 2. The highest BCUT2D eigenvalue weighted by molar-refractivity contribution is 7.89. The number of hydrogen-bond acceptors (Lipinski definition) is 11. The molecule has 0 saturated carbocycles. The van der Waals surface area contributed by atoms with E-state index in [1.54, 1.807) is 39.2 Å². The van der Waals surface area contributed by atoms with Gasteiger partial charge in [-0.05, 0) is 179 Å². The van der Waals surface area contributed by atoms with Crippen LogP contribution < -0.4 is 20.9 Å². The molecule has 1 amide bonds. The Morgan fingerprint density at radius 1 is 0.765 bits per heavy atom. The number of nitrogens with zero attached hydrogens (tertiary/aromatic N) is 3. The number of ether oxygens (including phenoxy) is 1. The van der Waals surface area contributed by atoms with Crippen LogP contribution in [-0.2, 0) is 50.2 Å². The molecule has 6 aromatic rings. The fourth-order valence-electron chi connectivity index (χ4n) is 11.8. The largest absolute Gasteiger partial charge is 0.497 e. The van der Waals surface area contributed by atoms with Crippen LogP contribution in [0.25, 0.3) is 32.7 Å². The molecular formula is C64H76N5O10S2+. The van der Waals surface area contributed by atoms with E-state index in [2.05, 4.69) is 123 Å². The number of nitrogens with one attached hydrogen (secondary N) is 1. The zero-order chi connectivity index (χ0) is 58.8. The van der Waals surface area contributed by atoms with E-state index >= 15 is 0 Å². The first kappa shape index (κ1) is 60.1. The summed E-state index contributed by atoms with van der Waals surface area (Å²) in [6.07, 6.45) is 12.1. The third-order valence-corrected chi connectivity index (χ3v) is 18.1. The molecule has 0 aromatic heterocycles. The van der Waals surface area contributed by atoms with Gasteiger partial charge in [-0.1, -0.05) is 84.6 Å². The molecule has 15 nitrogen and oxygen atoms in total. The summed E-state index contributed by atoms with van der Waals surface area (Å²) in [5.41, 5.74) is 10.6. The van der Waals surface area contributed by atoms with Crippen molar-refractivity contribution in [3.8, 4) is 16.9 Å². The zero-order valence-corrected chi connectivity index (χ0v) is 49.9. The number of anilines is 1. The normalized spacial score (nSPS) is 15.9. The lowest BCUT2D eigenvalue weighted by atomic mass is 9.78. The number of benzene rings is 6. The maximum atomic E-state index is 14.1. The van der Waals surface area contributed by atoms with Crippen molar-refractivity contribution in [3.05, 3.63) is 161 Å². The van der Waals surface area contributed by atoms with Gasteiger partial charge in [0.05, 0.1) is 28.4 Å². The van der Waals surface area contributed by atoms with Gasteiger partial charge in [0, 0.05) is 60.4 Å². The molecule has 2 aliphatic heterocycles. The van der Waals surface area contributed by atoms with Gasteiger partial charge in [-0.3, -0.25) is 14.2 Å². The van der Waals surface area contributed by atoms with Crippen LogP contribution in [0.3, 0.4) is 0 Å². The van der Waals surface area contributed by atoms with Gasteiger partial charge in [-0.2, -0.15) is 18.9 Å². The van der Waals surface area contributed by atoms with Gasteiger partial charge in [-0.15, -0.1) is 0 Å².